The molecule has 1 fully saturated rings. The van der Waals surface area contributed by atoms with Crippen molar-refractivity contribution in [3.05, 3.63) is 113 Å². The number of carbonyl (C=O) groups is 2. The highest BCUT2D eigenvalue weighted by Crippen LogP contribution is 2.41. The van der Waals surface area contributed by atoms with Gasteiger partial charge >= 0.3 is 5.97 Å². The molecule has 8 nitrogen and oxygen atoms in total. The first-order valence-corrected chi connectivity index (χ1v) is 13.5. The van der Waals surface area contributed by atoms with Crippen molar-refractivity contribution in [1.29, 1.82) is 0 Å². The highest BCUT2D eigenvalue weighted by molar-refractivity contribution is 7.80. The van der Waals surface area contributed by atoms with Gasteiger partial charge in [0.25, 0.3) is 0 Å². The van der Waals surface area contributed by atoms with Crippen LogP contribution in [0, 0.1) is 13.8 Å². The van der Waals surface area contributed by atoms with Gasteiger partial charge in [0.1, 0.15) is 0 Å². The molecule has 1 aliphatic heterocycles. The van der Waals surface area contributed by atoms with Gasteiger partial charge in [-0.3, -0.25) is 9.78 Å². The number of aryl methyl sites for hydroxylation is 1. The number of hydrogen-bond acceptors (Lipinski definition) is 5. The molecule has 0 bridgehead atoms. The van der Waals surface area contributed by atoms with Crippen molar-refractivity contribution in [3.63, 3.8) is 0 Å². The second-order valence-corrected chi connectivity index (χ2v) is 10.1. The number of benzene rings is 2. The van der Waals surface area contributed by atoms with E-state index in [1.54, 1.807) is 12.3 Å². The van der Waals surface area contributed by atoms with E-state index in [2.05, 4.69) is 38.1 Å². The van der Waals surface area contributed by atoms with Crippen LogP contribution in [0.1, 0.15) is 51.5 Å². The summed E-state index contributed by atoms with van der Waals surface area (Å²) in [6.07, 6.45) is 2.04. The maximum Gasteiger partial charge on any atom is 0.337 e. The van der Waals surface area contributed by atoms with E-state index in [1.165, 1.54) is 7.11 Å². The number of para-hydroxylation sites is 1. The number of esters is 1. The number of ether oxygens (including phenoxy) is 1. The van der Waals surface area contributed by atoms with Crippen LogP contribution in [0.25, 0.3) is 5.69 Å². The van der Waals surface area contributed by atoms with Crippen LogP contribution in [-0.4, -0.2) is 45.1 Å². The summed E-state index contributed by atoms with van der Waals surface area (Å²) in [5, 5.41) is 7.00. The minimum atomic E-state index is -0.384. The van der Waals surface area contributed by atoms with Gasteiger partial charge in [-0.25, -0.2) is 4.79 Å². The van der Waals surface area contributed by atoms with Gasteiger partial charge in [0, 0.05) is 41.9 Å². The lowest BCUT2D eigenvalue weighted by Gasteiger charge is -2.28. The summed E-state index contributed by atoms with van der Waals surface area (Å²) in [5.74, 6) is -0.468. The highest BCUT2D eigenvalue weighted by atomic mass is 32.1. The zero-order valence-corrected chi connectivity index (χ0v) is 23.4. The van der Waals surface area contributed by atoms with E-state index in [1.807, 2.05) is 73.7 Å². The van der Waals surface area contributed by atoms with E-state index in [9.17, 15) is 9.59 Å². The van der Waals surface area contributed by atoms with Gasteiger partial charge in [-0.05, 0) is 80.2 Å². The maximum atomic E-state index is 12.8. The number of methoxy groups -OCH3 is 1. The maximum absolute atomic E-state index is 12.8. The molecular weight excluding hydrogens is 522 g/mol. The first-order chi connectivity index (χ1) is 19.4. The first-order valence-electron chi connectivity index (χ1n) is 13.1. The average Bonchev–Trinajstić information content (AvgIpc) is 3.46. The Morgan fingerprint density at radius 2 is 1.80 bits per heavy atom. The fourth-order valence-electron chi connectivity index (χ4n) is 5.33. The zero-order chi connectivity index (χ0) is 28.2. The molecule has 5 rings (SSSR count). The van der Waals surface area contributed by atoms with Gasteiger partial charge in [0.15, 0.2) is 5.11 Å². The van der Waals surface area contributed by atoms with Crippen LogP contribution in [0.5, 0.6) is 0 Å². The molecule has 0 aliphatic carbocycles. The Bertz CT molecular complexity index is 1540. The molecule has 2 atom stereocenters. The predicted molar refractivity (Wildman–Crippen MR) is 158 cm³/mol. The van der Waals surface area contributed by atoms with Crippen molar-refractivity contribution < 1.29 is 14.3 Å². The van der Waals surface area contributed by atoms with Crippen LogP contribution in [0.3, 0.4) is 0 Å². The van der Waals surface area contributed by atoms with E-state index in [0.29, 0.717) is 17.2 Å². The average molecular weight is 554 g/mol. The molecule has 2 aromatic carbocycles. The molecule has 40 heavy (non-hydrogen) atoms. The van der Waals surface area contributed by atoms with E-state index >= 15 is 0 Å². The van der Waals surface area contributed by atoms with E-state index in [4.69, 9.17) is 17.0 Å². The lowest BCUT2D eigenvalue weighted by Crippen LogP contribution is -2.32. The van der Waals surface area contributed by atoms with Crippen LogP contribution >= 0.6 is 12.2 Å². The molecule has 2 N–H and O–H groups in total. The molecule has 1 amide bonds. The molecule has 0 radical (unpaired) electrons. The van der Waals surface area contributed by atoms with Crippen LogP contribution < -0.4 is 10.6 Å². The minimum Gasteiger partial charge on any atom is -0.465 e. The number of amides is 1. The normalized spacial score (nSPS) is 16.5. The number of pyridine rings is 1. The summed E-state index contributed by atoms with van der Waals surface area (Å²) in [6, 6.07) is 24.4. The number of carbonyl (C=O) groups excluding carboxylic acids is 2. The largest absolute Gasteiger partial charge is 0.465 e. The van der Waals surface area contributed by atoms with Crippen molar-refractivity contribution in [3.8, 4) is 5.69 Å². The molecule has 2 aromatic heterocycles. The SMILES string of the molecule is COC(=O)c1cccc(-n2c(C)cc(C3C(c4ccccn4)NC(=S)N3CCC(=O)Nc3ccccc3)c2C)c1. The number of rotatable bonds is 8. The molecule has 1 saturated heterocycles. The Morgan fingerprint density at radius 1 is 1.02 bits per heavy atom. The Kier molecular flexibility index (Phi) is 7.93. The number of hydrogen-bond donors (Lipinski definition) is 2. The summed E-state index contributed by atoms with van der Waals surface area (Å²) in [7, 11) is 1.38. The summed E-state index contributed by atoms with van der Waals surface area (Å²) < 4.78 is 7.05. The monoisotopic (exact) mass is 553 g/mol. The Labute approximate surface area is 239 Å². The first kappa shape index (κ1) is 27.1. The molecular formula is C31H31N5O3S. The van der Waals surface area contributed by atoms with E-state index in [-0.39, 0.29) is 30.4 Å². The van der Waals surface area contributed by atoms with Crippen LogP contribution in [-0.2, 0) is 9.53 Å². The third-order valence-corrected chi connectivity index (χ3v) is 7.50. The number of aromatic nitrogens is 2. The van der Waals surface area contributed by atoms with Gasteiger partial charge in [-0.2, -0.15) is 0 Å². The summed E-state index contributed by atoms with van der Waals surface area (Å²) in [6.45, 7) is 4.53. The number of thiocarbonyl (C=S) groups is 1. The molecule has 0 spiro atoms. The van der Waals surface area contributed by atoms with Crippen LogP contribution in [0.4, 0.5) is 5.69 Å². The summed E-state index contributed by atoms with van der Waals surface area (Å²) in [4.78, 5) is 31.7. The quantitative estimate of drug-likeness (QED) is 0.227. The minimum absolute atomic E-state index is 0.0841. The fourth-order valence-corrected chi connectivity index (χ4v) is 5.66. The third kappa shape index (κ3) is 5.46. The zero-order valence-electron chi connectivity index (χ0n) is 22.6. The lowest BCUT2D eigenvalue weighted by molar-refractivity contribution is -0.116. The van der Waals surface area contributed by atoms with E-state index in [0.717, 1.165) is 34.0 Å². The molecule has 204 valence electrons. The molecule has 4 aromatic rings. The van der Waals surface area contributed by atoms with Crippen molar-refractivity contribution in [2.45, 2.75) is 32.4 Å². The molecule has 9 heteroatoms. The van der Waals surface area contributed by atoms with Crippen molar-refractivity contribution in [2.24, 2.45) is 0 Å². The second kappa shape index (κ2) is 11.7. The van der Waals surface area contributed by atoms with Gasteiger partial charge < -0.3 is 24.8 Å². The van der Waals surface area contributed by atoms with Gasteiger partial charge in [0.2, 0.25) is 5.91 Å². The molecule has 3 heterocycles. The van der Waals surface area contributed by atoms with Crippen molar-refractivity contribution in [1.82, 2.24) is 19.8 Å². The fraction of sp³-hybridized carbons (Fsp3) is 0.226. The van der Waals surface area contributed by atoms with Gasteiger partial charge in [-0.1, -0.05) is 30.3 Å². The van der Waals surface area contributed by atoms with Crippen LogP contribution in [0.2, 0.25) is 0 Å². The highest BCUT2D eigenvalue weighted by Gasteiger charge is 2.41. The van der Waals surface area contributed by atoms with Crippen molar-refractivity contribution >= 4 is 34.9 Å². The predicted octanol–water partition coefficient (Wildman–Crippen LogP) is 5.28. The second-order valence-electron chi connectivity index (χ2n) is 9.69. The van der Waals surface area contributed by atoms with Gasteiger partial charge in [0.05, 0.1) is 30.5 Å². The van der Waals surface area contributed by atoms with Crippen LogP contribution in [0.15, 0.2) is 85.1 Å². The molecule has 0 saturated carbocycles. The summed E-state index contributed by atoms with van der Waals surface area (Å²) >= 11 is 5.81. The Balaban J connectivity index is 1.49. The lowest BCUT2D eigenvalue weighted by atomic mass is 9.96. The standard InChI is InChI=1S/C31H31N5O3S/c1-20-18-25(21(2)36(20)24-13-9-10-22(19-24)30(38)39-3)29-28(26-14-7-8-16-32-26)34-31(40)35(29)17-15-27(37)33-23-11-5-4-6-12-23/h4-14,16,18-19,28-29H,15,17H2,1-3H3,(H,33,37)(H,34,40). The third-order valence-electron chi connectivity index (χ3n) is 7.15. The Morgan fingerprint density at radius 3 is 2.52 bits per heavy atom. The smallest absolute Gasteiger partial charge is 0.337 e. The number of anilines is 1. The van der Waals surface area contributed by atoms with E-state index < -0.39 is 0 Å². The number of nitrogens with zero attached hydrogens (tertiary/aromatic N) is 3. The Hall–Kier alpha value is -4.50. The number of nitrogens with one attached hydrogen (secondary N) is 2. The van der Waals surface area contributed by atoms with Crippen molar-refractivity contribution in [2.75, 3.05) is 19.0 Å². The van der Waals surface area contributed by atoms with Gasteiger partial charge in [-0.15, -0.1) is 0 Å². The topological polar surface area (TPSA) is 88.5 Å². The summed E-state index contributed by atoms with van der Waals surface area (Å²) in [5.41, 5.74) is 6.05. The molecule has 1 aliphatic rings. The molecule has 2 unspecified atom stereocenters.